The van der Waals surface area contributed by atoms with Crippen molar-refractivity contribution in [1.29, 1.82) is 0 Å². The number of ether oxygens (including phenoxy) is 11. The van der Waals surface area contributed by atoms with E-state index in [2.05, 4.69) is 157 Å². The normalized spacial score (nSPS) is 20.5. The van der Waals surface area contributed by atoms with Crippen molar-refractivity contribution < 1.29 is 204 Å². The van der Waals surface area contributed by atoms with Crippen LogP contribution in [0.2, 0.25) is 244 Å². The summed E-state index contributed by atoms with van der Waals surface area (Å²) in [6.07, 6.45) is -1.27. The smallest absolute Gasteiger partial charge is 0.317 e. The number of aliphatic hydroxyl groups excluding tert-OH is 20. The van der Waals surface area contributed by atoms with E-state index in [-0.39, 0.29) is 132 Å². The second-order valence-corrected chi connectivity index (χ2v) is 107. The second kappa shape index (κ2) is 84.7. The van der Waals surface area contributed by atoms with Crippen LogP contribution in [0.1, 0.15) is 64.2 Å². The summed E-state index contributed by atoms with van der Waals surface area (Å²) >= 11 is 0. The first kappa shape index (κ1) is 157. The Balaban J connectivity index is -0.000000916. The summed E-state index contributed by atoms with van der Waals surface area (Å²) in [5.74, 6) is 0. The molecule has 1 heterocycles. The molecule has 0 aromatic heterocycles. The summed E-state index contributed by atoms with van der Waals surface area (Å²) in [5, 5.41) is 183. The molecule has 0 saturated carbocycles. The van der Waals surface area contributed by atoms with Crippen molar-refractivity contribution in [2.75, 3.05) is 211 Å². The summed E-state index contributed by atoms with van der Waals surface area (Å²) in [6.45, 7) is 63.7. The van der Waals surface area contributed by atoms with Gasteiger partial charge in [-0.15, -0.1) is 0 Å². The molecule has 0 spiro atoms. The molecule has 0 aliphatic carbocycles. The molecule has 0 bridgehead atoms. The minimum Gasteiger partial charge on any atom is -0.455 e. The Morgan fingerprint density at radius 2 is 0.356 bits per heavy atom. The monoisotopic (exact) mass is 2440 g/mol. The largest absolute Gasteiger partial charge is 0.455 e. The molecule has 1 saturated heterocycles. The molecule has 12 atom stereocenters. The van der Waals surface area contributed by atoms with Crippen LogP contribution in [0.4, 0.5) is 0 Å². The minimum absolute atomic E-state index is 0.0181. The van der Waals surface area contributed by atoms with Crippen LogP contribution >= 0.6 is 0 Å². The van der Waals surface area contributed by atoms with Crippen LogP contribution in [0.5, 0.6) is 0 Å². The third kappa shape index (κ3) is 95.8. The minimum atomic E-state index is -2.98. The third-order valence-corrected chi connectivity index (χ3v) is 80.2. The van der Waals surface area contributed by atoms with Crippen molar-refractivity contribution in [2.24, 2.45) is 0 Å². The third-order valence-electron chi connectivity index (χ3n) is 20.8. The maximum Gasteiger partial charge on any atom is 0.317 e. The Hall–Kier alpha value is 1.75. The molecule has 12 unspecified atom stereocenters. The molecule has 43 nitrogen and oxygen atoms in total. The molecule has 149 heavy (non-hydrogen) atoms. The maximum absolute atomic E-state index is 9.63. The Morgan fingerprint density at radius 1 is 0.201 bits per heavy atom. The van der Waals surface area contributed by atoms with E-state index < -0.39 is 198 Å². The van der Waals surface area contributed by atoms with Crippen molar-refractivity contribution in [1.82, 2.24) is 0 Å². The van der Waals surface area contributed by atoms with Gasteiger partial charge in [-0.3, -0.25) is 0 Å². The lowest BCUT2D eigenvalue weighted by Gasteiger charge is -2.50. The second-order valence-electron chi connectivity index (χ2n) is 45.5. The van der Waals surface area contributed by atoms with Crippen LogP contribution in [0.25, 0.3) is 0 Å². The molecule has 0 radical (unpaired) electrons. The lowest BCUT2D eigenvalue weighted by molar-refractivity contribution is -0.0147. The average molecular weight is 2440 g/mol. The van der Waals surface area contributed by atoms with Crippen LogP contribution in [0.3, 0.4) is 0 Å². The zero-order valence-corrected chi connectivity index (χ0v) is 113. The lowest BCUT2D eigenvalue weighted by atomic mass is 10.4. The van der Waals surface area contributed by atoms with E-state index in [1.54, 1.807) is 0 Å². The summed E-state index contributed by atoms with van der Waals surface area (Å²) < 4.78 is 140. The molecule has 1 aliphatic rings. The van der Waals surface area contributed by atoms with E-state index in [1.807, 2.05) is 26.2 Å². The van der Waals surface area contributed by atoms with Crippen molar-refractivity contribution >= 4 is 136 Å². The highest BCUT2D eigenvalue weighted by atomic mass is 28.5. The zero-order chi connectivity index (χ0) is 115. The molecule has 1 rings (SSSR count). The molecule has 902 valence electrons. The van der Waals surface area contributed by atoms with Crippen molar-refractivity contribution in [3.8, 4) is 0 Å². The quantitative estimate of drug-likeness (QED) is 0.0243. The predicted octanol–water partition coefficient (Wildman–Crippen LogP) is 6.05. The van der Waals surface area contributed by atoms with Crippen LogP contribution in [-0.4, -0.2) is 511 Å². The highest BCUT2D eigenvalue weighted by molar-refractivity contribution is 6.94. The van der Waals surface area contributed by atoms with Crippen LogP contribution in [0.15, 0.2) is 0 Å². The van der Waals surface area contributed by atoms with Crippen molar-refractivity contribution in [3.05, 3.63) is 0 Å². The molecular weight excluding hydrogens is 2220 g/mol. The topological polar surface area (TPSA) is 617 Å². The predicted molar refractivity (Wildman–Crippen MR) is 616 cm³/mol. The van der Waals surface area contributed by atoms with E-state index in [9.17, 15) is 46.0 Å². The fraction of sp³-hybridized carbons (Fsp3) is 1.00. The van der Waals surface area contributed by atoms with Gasteiger partial charge in [-0.25, -0.2) is 0 Å². The van der Waals surface area contributed by atoms with Gasteiger partial charge in [-0.05, 0) is 301 Å². The van der Waals surface area contributed by atoms with Crippen LogP contribution < -0.4 is 0 Å². The molecular formula is C90H220O43Si16. The highest BCUT2D eigenvalue weighted by Gasteiger charge is 2.57. The van der Waals surface area contributed by atoms with Crippen molar-refractivity contribution in [2.45, 2.75) is 369 Å². The number of hydrogen-bond donors (Lipinski definition) is 20. The molecule has 1 aliphatic heterocycles. The van der Waals surface area contributed by atoms with Gasteiger partial charge >= 0.3 is 68.5 Å². The molecule has 0 amide bonds. The maximum atomic E-state index is 9.63. The molecule has 0 aromatic rings. The van der Waals surface area contributed by atoms with Crippen LogP contribution in [0, 0.1) is 0 Å². The van der Waals surface area contributed by atoms with Gasteiger partial charge in [-0.2, -0.15) is 0 Å². The Morgan fingerprint density at radius 3 is 0.537 bits per heavy atom. The Bertz CT molecular complexity index is 2910. The SMILES string of the molecule is C[SiH2]O[Si](C)(CCCOCC(O)CO)O[Si](C)(CCCOCC(O)CO)O[Si](C)(C)C.C[Si](C)(C)O[Si](C)(CCCOCC(O)CO)O[Si](C)(C)C.C[Si](C)(C)O[Si](C)(CCCOCCOCC(O)CO)O[Si](C)(C)C.C[Si](C)(CCCOCC(O)CO)O[Si](C)(C)CCCOCC(O)CO.C[Si]1(CCCOCC(O)CO)O[Si](C)(CCCOCC(O)CO)O[Si](C)(CCCOCC(O)CO)O[Si](C)(CCCOCC(O)CO)O1. The number of rotatable bonds is 89. The van der Waals surface area contributed by atoms with E-state index >= 15 is 0 Å². The molecule has 20 N–H and O–H groups in total. The fourth-order valence-corrected chi connectivity index (χ4v) is 88.8. The average Bonchev–Trinajstić information content (AvgIpc) is 0.763. The first-order valence-corrected chi connectivity index (χ1v) is 98.9. The standard InChI is InChI=1S/C28H64O16Si4.C18H46O9Si4.C16H38O7Si2.C15H38O6Si3.C13H34O5Si3/c1-45(13-5-9-37-21-25(33)17-29)41-46(2,14-6-10-38-22-26(34)18-30)43-48(4,16-8-12-40-24-28(36)20-32)44-47(3,42-45)15-7-11-39-23-27(35)19-31;1-28-25-30(5,11-7-9-23-15-17(21)13-19)27-31(6,26-29(2,3)4)12-8-10-24-16-18(22)14-20;1-24(2,9-5-7-21-13-15(19)11-17)23-25(3,4)10-6-8-22-14-16(20)12-18;1-22(2,3)20-24(7,21-23(4,5)6)12-8-9-18-10-11-19-14-15(17)13-16;1-19(2,3)17-21(7,18-20(4,5)6)10-8-9-16-12-13(15)11-14/h25-36H,5-24H2,1-4H3;17-22H,7-16,28H2,1-6H3;15-20H,5-14H2,1-4H3;15-17H,8-14H2,1-7H3;13-15H,8-12H2,1-7H3. The van der Waals surface area contributed by atoms with Gasteiger partial charge in [-0.1, -0.05) is 6.55 Å². The van der Waals surface area contributed by atoms with Gasteiger partial charge in [0.2, 0.25) is 0 Å². The first-order chi connectivity index (χ1) is 68.9. The Kier molecular flexibility index (Phi) is 89.3. The highest BCUT2D eigenvalue weighted by Crippen LogP contribution is 2.40. The van der Waals surface area contributed by atoms with Gasteiger partial charge in [0.15, 0.2) is 58.2 Å². The van der Waals surface area contributed by atoms with Gasteiger partial charge < -0.3 is 204 Å². The summed E-state index contributed by atoms with van der Waals surface area (Å²) in [4.78, 5) is 0. The summed E-state index contributed by atoms with van der Waals surface area (Å²) in [6, 6.07) is 7.64. The van der Waals surface area contributed by atoms with E-state index in [0.717, 1.165) is 74.8 Å². The first-order valence-electron chi connectivity index (χ1n) is 53.5. The van der Waals surface area contributed by atoms with Crippen molar-refractivity contribution in [3.63, 3.8) is 0 Å². The van der Waals surface area contributed by atoms with Gasteiger partial charge in [0, 0.05) is 66.1 Å². The van der Waals surface area contributed by atoms with E-state index in [4.69, 9.17) is 158 Å². The lowest BCUT2D eigenvalue weighted by Crippen LogP contribution is -2.67. The van der Waals surface area contributed by atoms with Crippen LogP contribution in [-0.2, 0) is 101 Å². The zero-order valence-electron chi connectivity index (χ0n) is 97.1. The van der Waals surface area contributed by atoms with Gasteiger partial charge in [0.05, 0.1) is 145 Å². The fourth-order valence-electron chi connectivity index (χ4n) is 15.8. The Labute approximate surface area is 914 Å². The summed E-state index contributed by atoms with van der Waals surface area (Å²) in [5.41, 5.74) is 0. The molecule has 59 heteroatoms. The molecule has 0 aromatic carbocycles. The van der Waals surface area contributed by atoms with Gasteiger partial charge in [0.1, 0.15) is 70.8 Å². The number of hydrogen-bond acceptors (Lipinski definition) is 43. The van der Waals surface area contributed by atoms with E-state index in [1.165, 1.54) is 0 Å². The number of aliphatic hydroxyl groups is 20. The van der Waals surface area contributed by atoms with E-state index in [0.29, 0.717) is 129 Å². The summed E-state index contributed by atoms with van der Waals surface area (Å²) in [7, 11) is -33.8. The molecule has 1 fully saturated rings. The van der Waals surface area contributed by atoms with Gasteiger partial charge in [0.25, 0.3) is 0 Å².